The Morgan fingerprint density at radius 2 is 1.97 bits per heavy atom. The average molecular weight is 478 g/mol. The highest BCUT2D eigenvalue weighted by Crippen LogP contribution is 2.41. The molecule has 0 fully saturated rings. The number of ether oxygens (including phenoxy) is 2. The minimum Gasteiger partial charge on any atom is -0.454 e. The molecule has 1 aromatic heterocycles. The molecule has 5 rings (SSSR count). The number of anilines is 2. The fraction of sp³-hybridized carbons (Fsp3) is 0.320. The number of carbonyl (C=O) groups excluding carboxylic acids is 1. The fourth-order valence-electron chi connectivity index (χ4n) is 4.02. The molecular formula is C25H27N5O3S. The number of unbranched alkanes of at least 4 members (excludes halogenated alkanes) is 1. The van der Waals surface area contributed by atoms with Gasteiger partial charge in [0.1, 0.15) is 6.04 Å². The maximum Gasteiger partial charge on any atom is 0.255 e. The van der Waals surface area contributed by atoms with Gasteiger partial charge in [-0.3, -0.25) is 4.79 Å². The van der Waals surface area contributed by atoms with Gasteiger partial charge in [0, 0.05) is 17.1 Å². The molecule has 2 N–H and O–H groups in total. The highest BCUT2D eigenvalue weighted by molar-refractivity contribution is 7.99. The summed E-state index contributed by atoms with van der Waals surface area (Å²) in [6, 6.07) is 13.0. The molecule has 8 nitrogen and oxygen atoms in total. The first-order chi connectivity index (χ1) is 16.5. The quantitative estimate of drug-likeness (QED) is 0.360. The van der Waals surface area contributed by atoms with Crippen LogP contribution in [0.4, 0.5) is 11.6 Å². The van der Waals surface area contributed by atoms with E-state index in [1.165, 1.54) is 0 Å². The van der Waals surface area contributed by atoms with E-state index >= 15 is 0 Å². The fourth-order valence-corrected chi connectivity index (χ4v) is 4.93. The lowest BCUT2D eigenvalue weighted by Crippen LogP contribution is -2.31. The predicted octanol–water partition coefficient (Wildman–Crippen LogP) is 5.14. The van der Waals surface area contributed by atoms with Crippen molar-refractivity contribution in [3.8, 4) is 11.5 Å². The van der Waals surface area contributed by atoms with Crippen LogP contribution < -0.4 is 20.1 Å². The largest absolute Gasteiger partial charge is 0.454 e. The zero-order valence-corrected chi connectivity index (χ0v) is 20.2. The van der Waals surface area contributed by atoms with Crippen LogP contribution in [0.1, 0.15) is 43.9 Å². The number of nitrogens with one attached hydrogen (secondary N) is 2. The van der Waals surface area contributed by atoms with Crippen LogP contribution in [-0.2, 0) is 4.79 Å². The smallest absolute Gasteiger partial charge is 0.255 e. The molecule has 2 aliphatic heterocycles. The van der Waals surface area contributed by atoms with Crippen molar-refractivity contribution >= 4 is 29.3 Å². The zero-order valence-electron chi connectivity index (χ0n) is 19.4. The van der Waals surface area contributed by atoms with Crippen molar-refractivity contribution in [2.24, 2.45) is 0 Å². The molecule has 9 heteroatoms. The monoisotopic (exact) mass is 477 g/mol. The highest BCUT2D eigenvalue weighted by Gasteiger charge is 2.35. The van der Waals surface area contributed by atoms with Crippen LogP contribution in [0.3, 0.4) is 0 Å². The summed E-state index contributed by atoms with van der Waals surface area (Å²) in [5.74, 6) is 2.72. The molecule has 1 atom stereocenters. The number of amides is 1. The Kier molecular flexibility index (Phi) is 6.19. The van der Waals surface area contributed by atoms with Crippen LogP contribution >= 0.6 is 11.8 Å². The highest BCUT2D eigenvalue weighted by atomic mass is 32.2. The molecule has 0 aliphatic carbocycles. The number of aryl methyl sites for hydroxylation is 1. The standard InChI is InChI=1S/C25H27N5O3S/c1-4-5-12-34-25-28-24-26-16(3)21(23(31)27-18-9-6-15(2)7-10-18)22(30(24)29-25)17-8-11-19-20(13-17)33-14-32-19/h6-11,13,22H,4-5,12,14H2,1-3H3,(H,27,31)(H,26,28,29). The Balaban J connectivity index is 1.53. The van der Waals surface area contributed by atoms with Gasteiger partial charge in [-0.25, -0.2) is 4.68 Å². The summed E-state index contributed by atoms with van der Waals surface area (Å²) < 4.78 is 12.9. The Bertz CT molecular complexity index is 1250. The second-order valence-corrected chi connectivity index (χ2v) is 9.43. The number of carbonyl (C=O) groups is 1. The Morgan fingerprint density at radius 3 is 2.76 bits per heavy atom. The van der Waals surface area contributed by atoms with E-state index in [2.05, 4.69) is 17.6 Å². The summed E-state index contributed by atoms with van der Waals surface area (Å²) in [5, 5.41) is 11.8. The van der Waals surface area contributed by atoms with Crippen molar-refractivity contribution in [1.82, 2.24) is 14.8 Å². The minimum absolute atomic E-state index is 0.188. The minimum atomic E-state index is -0.468. The first-order valence-corrected chi connectivity index (χ1v) is 12.4. The van der Waals surface area contributed by atoms with Gasteiger partial charge in [-0.05, 0) is 50.1 Å². The van der Waals surface area contributed by atoms with Gasteiger partial charge in [-0.15, -0.1) is 5.10 Å². The lowest BCUT2D eigenvalue weighted by molar-refractivity contribution is -0.113. The second-order valence-electron chi connectivity index (χ2n) is 8.36. The summed E-state index contributed by atoms with van der Waals surface area (Å²) in [6.45, 7) is 6.26. The lowest BCUT2D eigenvalue weighted by Gasteiger charge is -2.28. The normalized spacial score (nSPS) is 16.3. The number of rotatable bonds is 7. The van der Waals surface area contributed by atoms with E-state index in [-0.39, 0.29) is 12.7 Å². The van der Waals surface area contributed by atoms with Gasteiger partial charge in [0.25, 0.3) is 5.91 Å². The van der Waals surface area contributed by atoms with Crippen molar-refractivity contribution in [3.63, 3.8) is 0 Å². The van der Waals surface area contributed by atoms with E-state index in [0.29, 0.717) is 28.2 Å². The molecule has 2 aliphatic rings. The maximum atomic E-state index is 13.6. The Labute approximate surface area is 202 Å². The van der Waals surface area contributed by atoms with Gasteiger partial charge in [-0.1, -0.05) is 48.9 Å². The molecule has 3 aromatic rings. The number of allylic oxidation sites excluding steroid dienone is 1. The maximum absolute atomic E-state index is 13.6. The SMILES string of the molecule is CCCCSc1nc2n(n1)C(c1ccc3c(c1)OCO3)C(C(=O)Nc1ccc(C)cc1)=C(C)N2. The third-order valence-corrected chi connectivity index (χ3v) is 6.75. The van der Waals surface area contributed by atoms with Crippen molar-refractivity contribution in [3.05, 3.63) is 64.9 Å². The zero-order chi connectivity index (χ0) is 23.7. The molecule has 34 heavy (non-hydrogen) atoms. The number of fused-ring (bicyclic) bond motifs is 2. The van der Waals surface area contributed by atoms with E-state index in [1.807, 2.05) is 56.3 Å². The van der Waals surface area contributed by atoms with Gasteiger partial charge in [-0.2, -0.15) is 4.98 Å². The van der Waals surface area contributed by atoms with E-state index in [0.717, 1.165) is 41.1 Å². The van der Waals surface area contributed by atoms with Crippen molar-refractivity contribution < 1.29 is 14.3 Å². The summed E-state index contributed by atoms with van der Waals surface area (Å²) in [6.07, 6.45) is 2.21. The molecule has 0 bridgehead atoms. The molecule has 3 heterocycles. The van der Waals surface area contributed by atoms with Crippen molar-refractivity contribution in [1.29, 1.82) is 0 Å². The third kappa shape index (κ3) is 4.35. The van der Waals surface area contributed by atoms with E-state index < -0.39 is 6.04 Å². The number of aromatic nitrogens is 3. The Morgan fingerprint density at radius 1 is 1.18 bits per heavy atom. The molecule has 0 radical (unpaired) electrons. The third-order valence-electron chi connectivity index (χ3n) is 5.83. The average Bonchev–Trinajstić information content (AvgIpc) is 3.45. The van der Waals surface area contributed by atoms with Gasteiger partial charge in [0.05, 0.1) is 5.57 Å². The van der Waals surface area contributed by atoms with E-state index in [9.17, 15) is 4.79 Å². The summed E-state index contributed by atoms with van der Waals surface area (Å²) >= 11 is 1.62. The van der Waals surface area contributed by atoms with E-state index in [1.54, 1.807) is 16.4 Å². The second kappa shape index (κ2) is 9.42. The van der Waals surface area contributed by atoms with Gasteiger partial charge in [0.2, 0.25) is 17.9 Å². The molecule has 1 amide bonds. The predicted molar refractivity (Wildman–Crippen MR) is 132 cm³/mol. The molecule has 0 saturated heterocycles. The van der Waals surface area contributed by atoms with Crippen LogP contribution in [0.25, 0.3) is 0 Å². The first kappa shape index (κ1) is 22.3. The Hall–Kier alpha value is -3.46. The van der Waals surface area contributed by atoms with E-state index in [4.69, 9.17) is 19.6 Å². The summed E-state index contributed by atoms with van der Waals surface area (Å²) in [7, 11) is 0. The van der Waals surface area contributed by atoms with Crippen LogP contribution in [0.2, 0.25) is 0 Å². The number of nitrogens with zero attached hydrogens (tertiary/aromatic N) is 3. The summed E-state index contributed by atoms with van der Waals surface area (Å²) in [4.78, 5) is 18.3. The number of hydrogen-bond acceptors (Lipinski definition) is 7. The first-order valence-electron chi connectivity index (χ1n) is 11.4. The van der Waals surface area contributed by atoms with Crippen LogP contribution in [0.15, 0.2) is 58.9 Å². The van der Waals surface area contributed by atoms with Crippen molar-refractivity contribution in [2.45, 2.75) is 44.8 Å². The topological polar surface area (TPSA) is 90.3 Å². The molecule has 0 saturated carbocycles. The van der Waals surface area contributed by atoms with Gasteiger partial charge < -0.3 is 20.1 Å². The molecule has 2 aromatic carbocycles. The van der Waals surface area contributed by atoms with Crippen LogP contribution in [0.5, 0.6) is 11.5 Å². The number of benzene rings is 2. The van der Waals surface area contributed by atoms with Gasteiger partial charge in [0.15, 0.2) is 11.5 Å². The number of hydrogen-bond donors (Lipinski definition) is 2. The van der Waals surface area contributed by atoms with Crippen LogP contribution in [-0.4, -0.2) is 33.2 Å². The molecule has 1 unspecified atom stereocenters. The van der Waals surface area contributed by atoms with Crippen molar-refractivity contribution in [2.75, 3.05) is 23.2 Å². The number of thioether (sulfide) groups is 1. The lowest BCUT2D eigenvalue weighted by atomic mass is 9.94. The molecule has 176 valence electrons. The van der Waals surface area contributed by atoms with Gasteiger partial charge >= 0.3 is 0 Å². The summed E-state index contributed by atoms with van der Waals surface area (Å²) in [5.41, 5.74) is 4.04. The molecular weight excluding hydrogens is 450 g/mol. The van der Waals surface area contributed by atoms with Crippen LogP contribution in [0, 0.1) is 6.92 Å². The molecule has 0 spiro atoms.